The molecule has 1 fully saturated rings. The van der Waals surface area contributed by atoms with E-state index in [2.05, 4.69) is 15.4 Å². The lowest BCUT2D eigenvalue weighted by atomic mass is 10.2. The second-order valence-corrected chi connectivity index (χ2v) is 6.18. The molecule has 2 atom stereocenters. The molecule has 7 nitrogen and oxygen atoms in total. The number of piperazine rings is 1. The number of hydrogen-bond acceptors (Lipinski definition) is 4. The van der Waals surface area contributed by atoms with Crippen LogP contribution in [0, 0.1) is 0 Å². The second-order valence-electron chi connectivity index (χ2n) is 6.18. The number of urea groups is 1. The van der Waals surface area contributed by atoms with Crippen molar-refractivity contribution >= 4 is 6.03 Å². The quantitative estimate of drug-likeness (QED) is 0.872. The van der Waals surface area contributed by atoms with Gasteiger partial charge in [0.1, 0.15) is 12.7 Å². The van der Waals surface area contributed by atoms with Crippen LogP contribution >= 0.6 is 0 Å². The van der Waals surface area contributed by atoms with Gasteiger partial charge in [-0.05, 0) is 20.3 Å². The molecule has 0 bridgehead atoms. The highest BCUT2D eigenvalue weighted by molar-refractivity contribution is 5.74. The average molecular weight is 348 g/mol. The van der Waals surface area contributed by atoms with E-state index in [-0.39, 0.29) is 31.2 Å². The molecule has 2 rings (SSSR count). The molecule has 1 aromatic heterocycles. The van der Waals surface area contributed by atoms with Crippen molar-refractivity contribution in [2.24, 2.45) is 0 Å². The predicted octanol–water partition coefficient (Wildman–Crippen LogP) is 1.33. The Bertz CT molecular complexity index is 521. The molecule has 1 N–H and O–H groups in total. The zero-order valence-electron chi connectivity index (χ0n) is 13.8. The smallest absolute Gasteiger partial charge is 0.335 e. The number of carbonyl (C=O) groups excluding carboxylic acids is 1. The molecule has 0 radical (unpaired) electrons. The van der Waals surface area contributed by atoms with Gasteiger partial charge in [-0.15, -0.1) is 0 Å². The SMILES string of the molecule is CC(CCn1cncn1)NC(=O)N1CCN(CC(F)(F)F)C(C)C1. The molecular weight excluding hydrogens is 325 g/mol. The van der Waals surface area contributed by atoms with Crippen LogP contribution < -0.4 is 5.32 Å². The van der Waals surface area contributed by atoms with Crippen LogP contribution in [0.3, 0.4) is 0 Å². The largest absolute Gasteiger partial charge is 0.401 e. The highest BCUT2D eigenvalue weighted by Gasteiger charge is 2.36. The van der Waals surface area contributed by atoms with E-state index in [1.54, 1.807) is 22.8 Å². The van der Waals surface area contributed by atoms with E-state index in [4.69, 9.17) is 0 Å². The fourth-order valence-corrected chi connectivity index (χ4v) is 2.69. The van der Waals surface area contributed by atoms with Gasteiger partial charge >= 0.3 is 12.2 Å². The normalized spacial score (nSPS) is 20.9. The number of aryl methyl sites for hydroxylation is 1. The van der Waals surface area contributed by atoms with E-state index in [1.165, 1.54) is 11.2 Å². The first kappa shape index (κ1) is 18.5. The first-order valence-electron chi connectivity index (χ1n) is 7.93. The Morgan fingerprint density at radius 2 is 2.17 bits per heavy atom. The molecule has 10 heteroatoms. The van der Waals surface area contributed by atoms with E-state index in [9.17, 15) is 18.0 Å². The lowest BCUT2D eigenvalue weighted by Crippen LogP contribution is -2.58. The Balaban J connectivity index is 1.75. The van der Waals surface area contributed by atoms with Gasteiger partial charge in [0.2, 0.25) is 0 Å². The third kappa shape index (κ3) is 5.66. The van der Waals surface area contributed by atoms with Crippen molar-refractivity contribution in [3.05, 3.63) is 12.7 Å². The van der Waals surface area contributed by atoms with Crippen LogP contribution in [-0.2, 0) is 6.54 Å². The number of nitrogens with zero attached hydrogens (tertiary/aromatic N) is 5. The van der Waals surface area contributed by atoms with Crippen molar-refractivity contribution in [3.8, 4) is 0 Å². The summed E-state index contributed by atoms with van der Waals surface area (Å²) in [5.74, 6) is 0. The number of aromatic nitrogens is 3. The summed E-state index contributed by atoms with van der Waals surface area (Å²) in [4.78, 5) is 19.0. The zero-order valence-corrected chi connectivity index (χ0v) is 13.8. The van der Waals surface area contributed by atoms with Crippen molar-refractivity contribution in [2.45, 2.75) is 45.1 Å². The Hall–Kier alpha value is -1.84. The van der Waals surface area contributed by atoms with E-state index >= 15 is 0 Å². The number of halogens is 3. The lowest BCUT2D eigenvalue weighted by Gasteiger charge is -2.40. The van der Waals surface area contributed by atoms with Crippen molar-refractivity contribution in [1.29, 1.82) is 0 Å². The third-order valence-electron chi connectivity index (χ3n) is 4.06. The van der Waals surface area contributed by atoms with E-state index in [0.29, 0.717) is 19.5 Å². The minimum absolute atomic E-state index is 0.0646. The van der Waals surface area contributed by atoms with Gasteiger partial charge in [-0.2, -0.15) is 18.3 Å². The minimum Gasteiger partial charge on any atom is -0.335 e. The number of amides is 2. The monoisotopic (exact) mass is 348 g/mol. The number of hydrogen-bond donors (Lipinski definition) is 1. The minimum atomic E-state index is -4.21. The molecule has 2 unspecified atom stereocenters. The Morgan fingerprint density at radius 3 is 2.75 bits per heavy atom. The predicted molar refractivity (Wildman–Crippen MR) is 81.3 cm³/mol. The lowest BCUT2D eigenvalue weighted by molar-refractivity contribution is -0.153. The van der Waals surface area contributed by atoms with Gasteiger partial charge in [0.25, 0.3) is 0 Å². The van der Waals surface area contributed by atoms with Gasteiger partial charge in [-0.3, -0.25) is 9.58 Å². The summed E-state index contributed by atoms with van der Waals surface area (Å²) in [5.41, 5.74) is 0. The molecule has 0 saturated carbocycles. The maximum Gasteiger partial charge on any atom is 0.401 e. The van der Waals surface area contributed by atoms with Crippen LogP contribution in [0.1, 0.15) is 20.3 Å². The van der Waals surface area contributed by atoms with Gasteiger partial charge in [-0.1, -0.05) is 0 Å². The highest BCUT2D eigenvalue weighted by atomic mass is 19.4. The topological polar surface area (TPSA) is 66.3 Å². The molecule has 1 aliphatic rings. The summed E-state index contributed by atoms with van der Waals surface area (Å²) in [6.07, 6.45) is -0.464. The molecule has 1 aromatic rings. The molecule has 1 saturated heterocycles. The molecular formula is C14H23F3N6O. The Labute approximate surface area is 138 Å². The van der Waals surface area contributed by atoms with E-state index in [0.717, 1.165) is 0 Å². The van der Waals surface area contributed by atoms with E-state index < -0.39 is 12.7 Å². The number of rotatable bonds is 5. The van der Waals surface area contributed by atoms with Gasteiger partial charge < -0.3 is 10.2 Å². The van der Waals surface area contributed by atoms with Gasteiger partial charge in [0, 0.05) is 38.3 Å². The molecule has 0 aliphatic carbocycles. The van der Waals surface area contributed by atoms with Crippen LogP contribution in [0.25, 0.3) is 0 Å². The fraction of sp³-hybridized carbons (Fsp3) is 0.786. The number of alkyl halides is 3. The third-order valence-corrected chi connectivity index (χ3v) is 4.06. The molecule has 24 heavy (non-hydrogen) atoms. The summed E-state index contributed by atoms with van der Waals surface area (Å²) in [7, 11) is 0. The highest BCUT2D eigenvalue weighted by Crippen LogP contribution is 2.20. The van der Waals surface area contributed by atoms with Crippen LogP contribution in [0.2, 0.25) is 0 Å². The number of nitrogens with one attached hydrogen (secondary N) is 1. The van der Waals surface area contributed by atoms with E-state index in [1.807, 2.05) is 6.92 Å². The average Bonchev–Trinajstić information content (AvgIpc) is 2.99. The van der Waals surface area contributed by atoms with Gasteiger partial charge in [0.15, 0.2) is 0 Å². The molecule has 2 heterocycles. The first-order valence-corrected chi connectivity index (χ1v) is 7.93. The molecule has 1 aliphatic heterocycles. The summed E-state index contributed by atoms with van der Waals surface area (Å²) in [5, 5.41) is 6.87. The fourth-order valence-electron chi connectivity index (χ4n) is 2.69. The Morgan fingerprint density at radius 1 is 1.42 bits per heavy atom. The summed E-state index contributed by atoms with van der Waals surface area (Å²) in [6, 6.07) is -0.624. The van der Waals surface area contributed by atoms with Crippen molar-refractivity contribution in [1.82, 2.24) is 29.9 Å². The summed E-state index contributed by atoms with van der Waals surface area (Å²) >= 11 is 0. The summed E-state index contributed by atoms with van der Waals surface area (Å²) < 4.78 is 39.2. The van der Waals surface area contributed by atoms with Crippen LogP contribution in [-0.4, -0.2) is 75.0 Å². The molecule has 136 valence electrons. The maximum atomic E-state index is 12.5. The van der Waals surface area contributed by atoms with Crippen LogP contribution in [0.4, 0.5) is 18.0 Å². The zero-order chi connectivity index (χ0) is 17.7. The standard InChI is InChI=1S/C14H23F3N6O/c1-11(3-4-23-10-18-9-19-23)20-13(24)21-5-6-22(12(2)7-21)8-14(15,16)17/h9-12H,3-8H2,1-2H3,(H,20,24). The molecule has 0 aromatic carbocycles. The van der Waals surface area contributed by atoms with Gasteiger partial charge in [-0.25, -0.2) is 9.78 Å². The molecule has 0 spiro atoms. The number of carbonyl (C=O) groups is 1. The summed E-state index contributed by atoms with van der Waals surface area (Å²) in [6.45, 7) is 4.10. The van der Waals surface area contributed by atoms with Crippen LogP contribution in [0.15, 0.2) is 12.7 Å². The second kappa shape index (κ2) is 7.82. The van der Waals surface area contributed by atoms with Crippen LogP contribution in [0.5, 0.6) is 0 Å². The van der Waals surface area contributed by atoms with Gasteiger partial charge in [0.05, 0.1) is 6.54 Å². The maximum absolute atomic E-state index is 12.5. The first-order chi connectivity index (χ1) is 11.2. The van der Waals surface area contributed by atoms with Crippen molar-refractivity contribution in [3.63, 3.8) is 0 Å². The van der Waals surface area contributed by atoms with Crippen molar-refractivity contribution < 1.29 is 18.0 Å². The Kier molecular flexibility index (Phi) is 6.03. The molecule has 2 amide bonds. The van der Waals surface area contributed by atoms with Crippen molar-refractivity contribution in [2.75, 3.05) is 26.2 Å².